The molecule has 8 heteroatoms. The lowest BCUT2D eigenvalue weighted by molar-refractivity contribution is -0.148. The fraction of sp³-hybridized carbons (Fsp3) is 0.444. The van der Waals surface area contributed by atoms with Crippen LogP contribution < -0.4 is 5.32 Å². The Morgan fingerprint density at radius 2 is 1.69 bits per heavy atom. The van der Waals surface area contributed by atoms with Gasteiger partial charge in [-0.05, 0) is 68.2 Å². The first-order valence-electron chi connectivity index (χ1n) is 8.52. The number of likely N-dealkylation sites (tertiary alicyclic amines) is 1. The van der Waals surface area contributed by atoms with Crippen LogP contribution in [0, 0.1) is 11.7 Å². The average Bonchev–Trinajstić information content (AvgIpc) is 2.61. The molecule has 1 aliphatic rings. The summed E-state index contributed by atoms with van der Waals surface area (Å²) < 4.78 is 50.1. The van der Waals surface area contributed by atoms with Crippen molar-refractivity contribution >= 4 is 5.82 Å². The van der Waals surface area contributed by atoms with E-state index in [0.717, 1.165) is 18.4 Å². The number of halogens is 4. The molecule has 1 N–H and O–H groups in total. The minimum absolute atomic E-state index is 0.304. The van der Waals surface area contributed by atoms with Gasteiger partial charge in [0.15, 0.2) is 0 Å². The second-order valence-corrected chi connectivity index (χ2v) is 6.53. The van der Waals surface area contributed by atoms with Gasteiger partial charge in [-0.1, -0.05) is 0 Å². The standard InChI is InChI=1S/C18H20F4N4/c19-15-3-1-14(2-4-15)16-5-6-17(25-24-16)23-11-13-7-9-26(10-8-13)12-18(20,21)22/h1-6,13H,7-12H2,(H,23,25). The fourth-order valence-electron chi connectivity index (χ4n) is 3.05. The summed E-state index contributed by atoms with van der Waals surface area (Å²) in [6, 6.07) is 9.62. The molecule has 140 valence electrons. The number of hydrogen-bond acceptors (Lipinski definition) is 4. The first-order valence-corrected chi connectivity index (χ1v) is 8.52. The average molecular weight is 368 g/mol. The summed E-state index contributed by atoms with van der Waals surface area (Å²) in [4.78, 5) is 1.45. The molecule has 1 saturated heterocycles. The SMILES string of the molecule is Fc1ccc(-c2ccc(NCC3CCN(CC(F)(F)F)CC3)nn2)cc1. The van der Waals surface area contributed by atoms with E-state index < -0.39 is 12.7 Å². The third-order valence-corrected chi connectivity index (χ3v) is 4.49. The lowest BCUT2D eigenvalue weighted by atomic mass is 9.97. The number of rotatable bonds is 5. The lowest BCUT2D eigenvalue weighted by Crippen LogP contribution is -2.41. The number of alkyl halides is 3. The van der Waals surface area contributed by atoms with Gasteiger partial charge in [-0.15, -0.1) is 10.2 Å². The molecule has 3 rings (SSSR count). The van der Waals surface area contributed by atoms with Crippen LogP contribution in [0.15, 0.2) is 36.4 Å². The molecule has 0 aliphatic carbocycles. The molecule has 0 saturated carbocycles. The maximum absolute atomic E-state index is 12.9. The molecule has 0 atom stereocenters. The van der Waals surface area contributed by atoms with Gasteiger partial charge >= 0.3 is 6.18 Å². The number of anilines is 1. The van der Waals surface area contributed by atoms with E-state index in [1.165, 1.54) is 17.0 Å². The third kappa shape index (κ3) is 5.39. The highest BCUT2D eigenvalue weighted by atomic mass is 19.4. The van der Waals surface area contributed by atoms with Gasteiger partial charge in [-0.3, -0.25) is 4.90 Å². The Morgan fingerprint density at radius 1 is 1.00 bits per heavy atom. The number of hydrogen-bond donors (Lipinski definition) is 1. The number of nitrogens with zero attached hydrogens (tertiary/aromatic N) is 3. The van der Waals surface area contributed by atoms with Crippen molar-refractivity contribution in [1.29, 1.82) is 0 Å². The van der Waals surface area contributed by atoms with Crippen molar-refractivity contribution in [2.75, 3.05) is 31.5 Å². The molecule has 1 aliphatic heterocycles. The maximum Gasteiger partial charge on any atom is 0.401 e. The van der Waals surface area contributed by atoms with Crippen molar-refractivity contribution in [3.05, 3.63) is 42.2 Å². The topological polar surface area (TPSA) is 41.0 Å². The Balaban J connectivity index is 1.46. The molecule has 26 heavy (non-hydrogen) atoms. The van der Waals surface area contributed by atoms with Crippen LogP contribution in [0.5, 0.6) is 0 Å². The van der Waals surface area contributed by atoms with E-state index >= 15 is 0 Å². The summed E-state index contributed by atoms with van der Waals surface area (Å²) >= 11 is 0. The summed E-state index contributed by atoms with van der Waals surface area (Å²) in [5, 5.41) is 11.4. The Bertz CT molecular complexity index is 693. The summed E-state index contributed by atoms with van der Waals surface area (Å²) in [6.45, 7) is 0.746. The number of benzene rings is 1. The second-order valence-electron chi connectivity index (χ2n) is 6.53. The molecule has 1 fully saturated rings. The summed E-state index contributed by atoms with van der Waals surface area (Å²) in [5.74, 6) is 0.632. The first-order chi connectivity index (χ1) is 12.4. The summed E-state index contributed by atoms with van der Waals surface area (Å²) in [7, 11) is 0. The van der Waals surface area contributed by atoms with Crippen LogP contribution in [0.4, 0.5) is 23.4 Å². The van der Waals surface area contributed by atoms with Gasteiger partial charge in [0.05, 0.1) is 12.2 Å². The predicted octanol–water partition coefficient (Wildman–Crippen LogP) is 3.97. The lowest BCUT2D eigenvalue weighted by Gasteiger charge is -2.32. The molecule has 0 unspecified atom stereocenters. The highest BCUT2D eigenvalue weighted by Gasteiger charge is 2.32. The summed E-state index contributed by atoms with van der Waals surface area (Å²) in [5.41, 5.74) is 1.43. The molecule has 1 aromatic carbocycles. The largest absolute Gasteiger partial charge is 0.401 e. The van der Waals surface area contributed by atoms with Crippen LogP contribution in [0.25, 0.3) is 11.3 Å². The monoisotopic (exact) mass is 368 g/mol. The van der Waals surface area contributed by atoms with Crippen LogP contribution in [-0.4, -0.2) is 47.5 Å². The van der Waals surface area contributed by atoms with Gasteiger partial charge in [0, 0.05) is 12.1 Å². The van der Waals surface area contributed by atoms with Gasteiger partial charge in [0.25, 0.3) is 0 Å². The minimum atomic E-state index is -4.13. The Morgan fingerprint density at radius 3 is 2.27 bits per heavy atom. The van der Waals surface area contributed by atoms with Gasteiger partial charge in [-0.25, -0.2) is 4.39 Å². The van der Waals surface area contributed by atoms with Gasteiger partial charge < -0.3 is 5.32 Å². The fourth-order valence-corrected chi connectivity index (χ4v) is 3.05. The molecular weight excluding hydrogens is 348 g/mol. The van der Waals surface area contributed by atoms with Crippen molar-refractivity contribution in [3.63, 3.8) is 0 Å². The molecular formula is C18H20F4N4. The Kier molecular flexibility index (Phi) is 5.70. The van der Waals surface area contributed by atoms with Crippen LogP contribution in [0.1, 0.15) is 12.8 Å². The van der Waals surface area contributed by atoms with Gasteiger partial charge in [-0.2, -0.15) is 13.2 Å². The molecule has 1 aromatic heterocycles. The van der Waals surface area contributed by atoms with Crippen LogP contribution in [0.3, 0.4) is 0 Å². The molecule has 2 heterocycles. The molecule has 0 spiro atoms. The van der Waals surface area contributed by atoms with E-state index in [4.69, 9.17) is 0 Å². The smallest absolute Gasteiger partial charge is 0.368 e. The van der Waals surface area contributed by atoms with Crippen molar-refractivity contribution in [1.82, 2.24) is 15.1 Å². The maximum atomic E-state index is 12.9. The molecule has 4 nitrogen and oxygen atoms in total. The normalized spacial score (nSPS) is 16.6. The number of nitrogens with one attached hydrogen (secondary N) is 1. The zero-order chi connectivity index (χ0) is 18.6. The predicted molar refractivity (Wildman–Crippen MR) is 91.1 cm³/mol. The highest BCUT2D eigenvalue weighted by Crippen LogP contribution is 2.23. The molecule has 0 radical (unpaired) electrons. The van der Waals surface area contributed by atoms with Crippen molar-refractivity contribution in [3.8, 4) is 11.3 Å². The highest BCUT2D eigenvalue weighted by molar-refractivity contribution is 5.59. The molecule has 0 bridgehead atoms. The van der Waals surface area contributed by atoms with Crippen molar-refractivity contribution < 1.29 is 17.6 Å². The van der Waals surface area contributed by atoms with E-state index in [9.17, 15) is 17.6 Å². The molecule has 2 aromatic rings. The van der Waals surface area contributed by atoms with Crippen LogP contribution in [-0.2, 0) is 0 Å². The minimum Gasteiger partial charge on any atom is -0.368 e. The number of piperidine rings is 1. The second kappa shape index (κ2) is 7.99. The zero-order valence-corrected chi connectivity index (χ0v) is 14.1. The van der Waals surface area contributed by atoms with Gasteiger partial charge in [0.2, 0.25) is 0 Å². The van der Waals surface area contributed by atoms with E-state index in [1.807, 2.05) is 0 Å². The van der Waals surface area contributed by atoms with E-state index in [2.05, 4.69) is 15.5 Å². The van der Waals surface area contributed by atoms with Crippen LogP contribution >= 0.6 is 0 Å². The molecule has 0 amide bonds. The van der Waals surface area contributed by atoms with E-state index in [0.29, 0.717) is 37.1 Å². The van der Waals surface area contributed by atoms with E-state index in [-0.39, 0.29) is 5.82 Å². The van der Waals surface area contributed by atoms with Gasteiger partial charge in [0.1, 0.15) is 11.6 Å². The first kappa shape index (κ1) is 18.6. The third-order valence-electron chi connectivity index (χ3n) is 4.49. The van der Waals surface area contributed by atoms with Crippen LogP contribution in [0.2, 0.25) is 0 Å². The Hall–Kier alpha value is -2.22. The van der Waals surface area contributed by atoms with Crippen molar-refractivity contribution in [2.24, 2.45) is 5.92 Å². The zero-order valence-electron chi connectivity index (χ0n) is 14.1. The van der Waals surface area contributed by atoms with E-state index in [1.54, 1.807) is 24.3 Å². The van der Waals surface area contributed by atoms with Crippen molar-refractivity contribution in [2.45, 2.75) is 19.0 Å². The number of aromatic nitrogens is 2. The quantitative estimate of drug-likeness (QED) is 0.811. The summed E-state index contributed by atoms with van der Waals surface area (Å²) in [6.07, 6.45) is -2.68. The Labute approximate surface area is 149 Å².